The van der Waals surface area contributed by atoms with Crippen molar-refractivity contribution >= 4 is 22.9 Å². The van der Waals surface area contributed by atoms with Gasteiger partial charge in [0.05, 0.1) is 0 Å². The van der Waals surface area contributed by atoms with Crippen molar-refractivity contribution in [2.24, 2.45) is 7.05 Å². The SMILES string of the molecule is CC1Cn2c(nc3nc(-c4ccccc4)n(C)c3c2=O)S1. The van der Waals surface area contributed by atoms with Crippen LogP contribution < -0.4 is 5.56 Å². The van der Waals surface area contributed by atoms with Crippen molar-refractivity contribution in [1.29, 1.82) is 0 Å². The Hall–Kier alpha value is -2.08. The summed E-state index contributed by atoms with van der Waals surface area (Å²) in [5, 5.41) is 1.16. The van der Waals surface area contributed by atoms with Crippen LogP contribution in [0.4, 0.5) is 0 Å². The lowest BCUT2D eigenvalue weighted by molar-refractivity contribution is 0.625. The summed E-state index contributed by atoms with van der Waals surface area (Å²) in [6.45, 7) is 2.82. The number of imidazole rings is 1. The average molecular weight is 298 g/mol. The zero-order chi connectivity index (χ0) is 14.6. The van der Waals surface area contributed by atoms with E-state index >= 15 is 0 Å². The smallest absolute Gasteiger partial charge is 0.280 e. The minimum Gasteiger partial charge on any atom is -0.321 e. The van der Waals surface area contributed by atoms with Gasteiger partial charge in [-0.3, -0.25) is 9.36 Å². The van der Waals surface area contributed by atoms with Gasteiger partial charge in [0.15, 0.2) is 16.3 Å². The molecular formula is C15H14N4OS. The maximum Gasteiger partial charge on any atom is 0.280 e. The lowest BCUT2D eigenvalue weighted by atomic mass is 10.2. The first-order chi connectivity index (χ1) is 10.1. The maximum atomic E-state index is 12.7. The number of thioether (sulfide) groups is 1. The Bertz CT molecular complexity index is 897. The van der Waals surface area contributed by atoms with Crippen molar-refractivity contribution in [2.75, 3.05) is 0 Å². The van der Waals surface area contributed by atoms with Crippen LogP contribution in [-0.4, -0.2) is 24.4 Å². The molecule has 0 radical (unpaired) electrons. The molecular weight excluding hydrogens is 284 g/mol. The third kappa shape index (κ3) is 1.82. The number of rotatable bonds is 1. The summed E-state index contributed by atoms with van der Waals surface area (Å²) in [6.07, 6.45) is 0. The van der Waals surface area contributed by atoms with Gasteiger partial charge in [-0.1, -0.05) is 49.0 Å². The summed E-state index contributed by atoms with van der Waals surface area (Å²) < 4.78 is 3.61. The Kier molecular flexibility index (Phi) is 2.68. The van der Waals surface area contributed by atoms with Crippen molar-refractivity contribution < 1.29 is 0 Å². The first kappa shape index (κ1) is 12.6. The third-order valence-electron chi connectivity index (χ3n) is 3.74. The molecule has 6 heteroatoms. The molecule has 0 spiro atoms. The van der Waals surface area contributed by atoms with Gasteiger partial charge in [-0.15, -0.1) is 0 Å². The van der Waals surface area contributed by atoms with Gasteiger partial charge in [0.1, 0.15) is 5.82 Å². The van der Waals surface area contributed by atoms with E-state index in [0.717, 1.165) is 16.5 Å². The molecule has 4 rings (SSSR count). The van der Waals surface area contributed by atoms with Crippen LogP contribution in [0.5, 0.6) is 0 Å². The zero-order valence-corrected chi connectivity index (χ0v) is 12.6. The van der Waals surface area contributed by atoms with Crippen LogP contribution in [0.3, 0.4) is 0 Å². The molecule has 0 fully saturated rings. The second-order valence-electron chi connectivity index (χ2n) is 5.27. The Morgan fingerprint density at radius 2 is 2.00 bits per heavy atom. The van der Waals surface area contributed by atoms with E-state index < -0.39 is 0 Å². The maximum absolute atomic E-state index is 12.7. The molecule has 1 aliphatic rings. The standard InChI is InChI=1S/C15H14N4OS/c1-9-8-19-14(20)11-12(17-15(19)21-9)16-13(18(11)2)10-6-4-3-5-7-10/h3-7,9H,8H2,1-2H3. The van der Waals surface area contributed by atoms with Crippen LogP contribution in [0, 0.1) is 0 Å². The lowest BCUT2D eigenvalue weighted by Crippen LogP contribution is -2.22. The van der Waals surface area contributed by atoms with E-state index in [4.69, 9.17) is 0 Å². The first-order valence-corrected chi connectivity index (χ1v) is 7.72. The van der Waals surface area contributed by atoms with Crippen molar-refractivity contribution in [3.05, 3.63) is 40.7 Å². The Morgan fingerprint density at radius 3 is 2.76 bits per heavy atom. The highest BCUT2D eigenvalue weighted by Gasteiger charge is 2.25. The summed E-state index contributed by atoms with van der Waals surface area (Å²) in [7, 11) is 1.87. The number of aryl methyl sites for hydroxylation is 1. The topological polar surface area (TPSA) is 52.7 Å². The van der Waals surface area contributed by atoms with E-state index in [1.807, 2.05) is 41.9 Å². The van der Waals surface area contributed by atoms with Crippen molar-refractivity contribution in [1.82, 2.24) is 19.1 Å². The minimum absolute atomic E-state index is 0.00373. The Morgan fingerprint density at radius 1 is 1.24 bits per heavy atom. The van der Waals surface area contributed by atoms with Crippen LogP contribution in [0.1, 0.15) is 6.92 Å². The van der Waals surface area contributed by atoms with Gasteiger partial charge in [-0.05, 0) is 0 Å². The van der Waals surface area contributed by atoms with Crippen LogP contribution in [0.15, 0.2) is 40.3 Å². The fourth-order valence-electron chi connectivity index (χ4n) is 2.74. The third-order valence-corrected chi connectivity index (χ3v) is 4.81. The fourth-order valence-corrected chi connectivity index (χ4v) is 3.74. The highest BCUT2D eigenvalue weighted by atomic mass is 32.2. The molecule has 1 atom stereocenters. The molecule has 106 valence electrons. The van der Waals surface area contributed by atoms with Gasteiger partial charge in [0.2, 0.25) is 0 Å². The molecule has 2 aromatic heterocycles. The summed E-state index contributed by atoms with van der Waals surface area (Å²) in [5.74, 6) is 0.775. The summed E-state index contributed by atoms with van der Waals surface area (Å²) in [5.41, 5.74) is 2.11. The number of hydrogen-bond acceptors (Lipinski definition) is 4. The summed E-state index contributed by atoms with van der Waals surface area (Å²) in [4.78, 5) is 21.8. The van der Waals surface area contributed by atoms with Crippen molar-refractivity contribution in [3.63, 3.8) is 0 Å². The molecule has 0 saturated heterocycles. The second-order valence-corrected chi connectivity index (χ2v) is 6.68. The molecule has 0 N–H and O–H groups in total. The van der Waals surface area contributed by atoms with E-state index in [1.54, 1.807) is 16.3 Å². The molecule has 5 nitrogen and oxygen atoms in total. The minimum atomic E-state index is 0.00373. The summed E-state index contributed by atoms with van der Waals surface area (Å²) >= 11 is 1.63. The highest BCUT2D eigenvalue weighted by molar-refractivity contribution is 7.99. The molecule has 0 bridgehead atoms. The number of fused-ring (bicyclic) bond motifs is 2. The molecule has 21 heavy (non-hydrogen) atoms. The van der Waals surface area contributed by atoms with Crippen molar-refractivity contribution in [3.8, 4) is 11.4 Å². The van der Waals surface area contributed by atoms with E-state index in [2.05, 4.69) is 16.9 Å². The Labute approximate surface area is 125 Å². The molecule has 3 aromatic rings. The van der Waals surface area contributed by atoms with Crippen LogP contribution in [-0.2, 0) is 13.6 Å². The number of benzene rings is 1. The van der Waals surface area contributed by atoms with Gasteiger partial charge < -0.3 is 4.57 Å². The lowest BCUT2D eigenvalue weighted by Gasteiger charge is -2.03. The second kappa shape index (κ2) is 4.46. The van der Waals surface area contributed by atoms with Gasteiger partial charge in [-0.25, -0.2) is 9.97 Å². The predicted octanol–water partition coefficient (Wildman–Crippen LogP) is 2.29. The summed E-state index contributed by atoms with van der Waals surface area (Å²) in [6, 6.07) is 9.87. The number of nitrogens with zero attached hydrogens (tertiary/aromatic N) is 4. The first-order valence-electron chi connectivity index (χ1n) is 6.84. The van der Waals surface area contributed by atoms with Crippen LogP contribution in [0.25, 0.3) is 22.6 Å². The molecule has 1 aliphatic heterocycles. The molecule has 1 aromatic carbocycles. The van der Waals surface area contributed by atoms with E-state index in [1.165, 1.54) is 0 Å². The fraction of sp³-hybridized carbons (Fsp3) is 0.267. The number of hydrogen-bond donors (Lipinski definition) is 0. The largest absolute Gasteiger partial charge is 0.321 e. The van der Waals surface area contributed by atoms with E-state index in [0.29, 0.717) is 23.0 Å². The van der Waals surface area contributed by atoms with Crippen molar-refractivity contribution in [2.45, 2.75) is 23.9 Å². The van der Waals surface area contributed by atoms with Gasteiger partial charge in [-0.2, -0.15) is 0 Å². The normalized spacial score (nSPS) is 17.3. The van der Waals surface area contributed by atoms with E-state index in [-0.39, 0.29) is 5.56 Å². The molecule has 0 amide bonds. The number of aromatic nitrogens is 4. The highest BCUT2D eigenvalue weighted by Crippen LogP contribution is 2.30. The van der Waals surface area contributed by atoms with Gasteiger partial charge in [0, 0.05) is 24.4 Å². The molecule has 0 saturated carbocycles. The van der Waals surface area contributed by atoms with E-state index in [9.17, 15) is 4.79 Å². The van der Waals surface area contributed by atoms with Gasteiger partial charge >= 0.3 is 0 Å². The van der Waals surface area contributed by atoms with Crippen LogP contribution in [0.2, 0.25) is 0 Å². The molecule has 1 unspecified atom stereocenters. The predicted molar refractivity (Wildman–Crippen MR) is 83.5 cm³/mol. The van der Waals surface area contributed by atoms with Crippen LogP contribution >= 0.6 is 11.8 Å². The molecule has 3 heterocycles. The van der Waals surface area contributed by atoms with Gasteiger partial charge in [0.25, 0.3) is 5.56 Å². The molecule has 0 aliphatic carbocycles. The quantitative estimate of drug-likeness (QED) is 0.647. The monoisotopic (exact) mass is 298 g/mol. The Balaban J connectivity index is 2.01. The zero-order valence-electron chi connectivity index (χ0n) is 11.8. The average Bonchev–Trinajstić information content (AvgIpc) is 3.01.